The highest BCUT2D eigenvalue weighted by molar-refractivity contribution is 5.91. The van der Waals surface area contributed by atoms with Crippen LogP contribution in [0.25, 0.3) is 33.7 Å². The predicted octanol–water partition coefficient (Wildman–Crippen LogP) is 4.78. The molecule has 0 unspecified atom stereocenters. The highest BCUT2D eigenvalue weighted by Gasteiger charge is 2.18. The van der Waals surface area contributed by atoms with E-state index in [1.807, 2.05) is 36.4 Å². The maximum absolute atomic E-state index is 6.11. The number of ether oxygens (including phenoxy) is 3. The van der Waals surface area contributed by atoms with Crippen molar-refractivity contribution in [1.82, 2.24) is 4.98 Å². The van der Waals surface area contributed by atoms with E-state index in [0.29, 0.717) is 28.6 Å². The third-order valence-electron chi connectivity index (χ3n) is 4.15. The van der Waals surface area contributed by atoms with E-state index in [1.165, 1.54) is 0 Å². The lowest BCUT2D eigenvalue weighted by molar-refractivity contribution is 0.324. The summed E-state index contributed by atoms with van der Waals surface area (Å²) in [6.45, 7) is 0. The molecule has 0 amide bonds. The van der Waals surface area contributed by atoms with Gasteiger partial charge in [-0.25, -0.2) is 0 Å². The van der Waals surface area contributed by atoms with Crippen molar-refractivity contribution in [2.45, 2.75) is 0 Å². The van der Waals surface area contributed by atoms with E-state index in [-0.39, 0.29) is 0 Å². The van der Waals surface area contributed by atoms with Crippen LogP contribution in [0, 0.1) is 0 Å². The van der Waals surface area contributed by atoms with Crippen LogP contribution in [-0.2, 0) is 0 Å². The van der Waals surface area contributed by atoms with Crippen molar-refractivity contribution < 1.29 is 23.0 Å². The second-order valence-electron chi connectivity index (χ2n) is 5.57. The molecule has 4 aromatic rings. The Kier molecular flexibility index (Phi) is 4.01. The lowest BCUT2D eigenvalue weighted by Gasteiger charge is -2.13. The van der Waals surface area contributed by atoms with Gasteiger partial charge in [0.25, 0.3) is 0 Å². The van der Waals surface area contributed by atoms with Crippen LogP contribution in [-0.4, -0.2) is 26.3 Å². The molecule has 0 saturated carbocycles. The van der Waals surface area contributed by atoms with Crippen LogP contribution in [0.1, 0.15) is 0 Å². The summed E-state index contributed by atoms with van der Waals surface area (Å²) in [7, 11) is 4.73. The Balaban J connectivity index is 1.89. The molecule has 0 aliphatic rings. The van der Waals surface area contributed by atoms with Crippen LogP contribution in [0.3, 0.4) is 0 Å². The molecule has 3 aromatic heterocycles. The number of aromatic nitrogens is 1. The van der Waals surface area contributed by atoms with Crippen molar-refractivity contribution in [1.29, 1.82) is 0 Å². The third-order valence-corrected chi connectivity index (χ3v) is 4.15. The molecule has 0 saturated heterocycles. The highest BCUT2D eigenvalue weighted by atomic mass is 16.5. The van der Waals surface area contributed by atoms with Crippen LogP contribution in [0.4, 0.5) is 0 Å². The molecule has 0 atom stereocenters. The van der Waals surface area contributed by atoms with E-state index in [0.717, 1.165) is 22.4 Å². The van der Waals surface area contributed by atoms with Crippen LogP contribution < -0.4 is 14.2 Å². The Morgan fingerprint density at radius 2 is 1.65 bits per heavy atom. The van der Waals surface area contributed by atoms with Gasteiger partial charge in [-0.15, -0.1) is 0 Å². The van der Waals surface area contributed by atoms with Crippen LogP contribution in [0.5, 0.6) is 17.2 Å². The van der Waals surface area contributed by atoms with E-state index in [2.05, 4.69) is 4.98 Å². The highest BCUT2D eigenvalue weighted by Crippen LogP contribution is 2.42. The quantitative estimate of drug-likeness (QED) is 0.515. The molecule has 0 N–H and O–H groups in total. The van der Waals surface area contributed by atoms with Crippen LogP contribution in [0.2, 0.25) is 0 Å². The van der Waals surface area contributed by atoms with Gasteiger partial charge in [-0.05, 0) is 30.3 Å². The Morgan fingerprint density at radius 1 is 0.885 bits per heavy atom. The fraction of sp³-hybridized carbons (Fsp3) is 0.150. The number of rotatable bonds is 5. The number of methoxy groups -OCH3 is 3. The number of pyridine rings is 1. The smallest absolute Gasteiger partial charge is 0.203 e. The molecular formula is C20H17NO5. The first-order valence-corrected chi connectivity index (χ1v) is 7.98. The van der Waals surface area contributed by atoms with Crippen molar-refractivity contribution in [3.8, 4) is 39.9 Å². The molecule has 3 heterocycles. The molecule has 132 valence electrons. The SMILES string of the molecule is COc1cc(-c2cc3nccc(-c4ccco4)c3o2)cc(OC)c1OC. The van der Waals surface area contributed by atoms with Crippen molar-refractivity contribution >= 4 is 11.1 Å². The Hall–Kier alpha value is -3.41. The average Bonchev–Trinajstić information content (AvgIpc) is 3.35. The summed E-state index contributed by atoms with van der Waals surface area (Å²) < 4.78 is 27.8. The summed E-state index contributed by atoms with van der Waals surface area (Å²) in [5, 5.41) is 0. The number of hydrogen-bond donors (Lipinski definition) is 0. The zero-order valence-corrected chi connectivity index (χ0v) is 14.6. The normalized spacial score (nSPS) is 10.9. The predicted molar refractivity (Wildman–Crippen MR) is 96.8 cm³/mol. The first-order valence-electron chi connectivity index (χ1n) is 7.98. The summed E-state index contributed by atoms with van der Waals surface area (Å²) in [6.07, 6.45) is 3.36. The second-order valence-corrected chi connectivity index (χ2v) is 5.57. The summed E-state index contributed by atoms with van der Waals surface area (Å²) in [4.78, 5) is 4.39. The first kappa shape index (κ1) is 16.1. The van der Waals surface area contributed by atoms with Gasteiger partial charge in [-0.3, -0.25) is 4.98 Å². The molecule has 0 bridgehead atoms. The minimum Gasteiger partial charge on any atom is -0.493 e. The van der Waals surface area contributed by atoms with Gasteiger partial charge in [-0.1, -0.05) is 0 Å². The Labute approximate surface area is 149 Å². The molecule has 6 nitrogen and oxygen atoms in total. The summed E-state index contributed by atoms with van der Waals surface area (Å²) >= 11 is 0. The molecule has 6 heteroatoms. The largest absolute Gasteiger partial charge is 0.493 e. The van der Waals surface area contributed by atoms with Gasteiger partial charge >= 0.3 is 0 Å². The van der Waals surface area contributed by atoms with Crippen molar-refractivity contribution in [3.63, 3.8) is 0 Å². The van der Waals surface area contributed by atoms with E-state index in [9.17, 15) is 0 Å². The molecule has 4 rings (SSSR count). The number of benzene rings is 1. The van der Waals surface area contributed by atoms with Gasteiger partial charge < -0.3 is 23.0 Å². The average molecular weight is 351 g/mol. The van der Waals surface area contributed by atoms with Crippen LogP contribution >= 0.6 is 0 Å². The van der Waals surface area contributed by atoms with Crippen molar-refractivity contribution in [2.24, 2.45) is 0 Å². The monoisotopic (exact) mass is 351 g/mol. The molecule has 0 aliphatic heterocycles. The van der Waals surface area contributed by atoms with Gasteiger partial charge in [0.1, 0.15) is 17.0 Å². The van der Waals surface area contributed by atoms with Crippen molar-refractivity contribution in [3.05, 3.63) is 48.9 Å². The Morgan fingerprint density at radius 3 is 2.27 bits per heavy atom. The number of hydrogen-bond acceptors (Lipinski definition) is 6. The van der Waals surface area contributed by atoms with Gasteiger partial charge in [0, 0.05) is 17.8 Å². The summed E-state index contributed by atoms with van der Waals surface area (Å²) in [5.41, 5.74) is 3.04. The molecular weight excluding hydrogens is 334 g/mol. The molecule has 0 fully saturated rings. The number of furan rings is 2. The van der Waals surface area contributed by atoms with Crippen molar-refractivity contribution in [2.75, 3.05) is 21.3 Å². The second kappa shape index (κ2) is 6.48. The number of nitrogens with zero attached hydrogens (tertiary/aromatic N) is 1. The van der Waals surface area contributed by atoms with Gasteiger partial charge in [0.05, 0.1) is 33.2 Å². The summed E-state index contributed by atoms with van der Waals surface area (Å²) in [5.74, 6) is 3.02. The lowest BCUT2D eigenvalue weighted by Crippen LogP contribution is -1.95. The van der Waals surface area contributed by atoms with E-state index < -0.39 is 0 Å². The fourth-order valence-corrected chi connectivity index (χ4v) is 2.93. The number of fused-ring (bicyclic) bond motifs is 1. The van der Waals surface area contributed by atoms with Gasteiger partial charge in [-0.2, -0.15) is 0 Å². The van der Waals surface area contributed by atoms with E-state index in [1.54, 1.807) is 33.8 Å². The molecule has 0 aliphatic carbocycles. The minimum absolute atomic E-state index is 0.532. The molecule has 1 aromatic carbocycles. The Bertz CT molecular complexity index is 1020. The first-order chi connectivity index (χ1) is 12.7. The van der Waals surface area contributed by atoms with Gasteiger partial charge in [0.2, 0.25) is 5.75 Å². The third kappa shape index (κ3) is 2.56. The van der Waals surface area contributed by atoms with Gasteiger partial charge in [0.15, 0.2) is 17.1 Å². The topological polar surface area (TPSA) is 66.9 Å². The van der Waals surface area contributed by atoms with Crippen LogP contribution in [0.15, 0.2) is 57.7 Å². The maximum atomic E-state index is 6.11. The summed E-state index contributed by atoms with van der Waals surface area (Å²) in [6, 6.07) is 11.1. The molecule has 0 radical (unpaired) electrons. The molecule has 26 heavy (non-hydrogen) atoms. The standard InChI is InChI=1S/C20H17NO5/c1-22-17-9-12(10-18(23-2)20(17)24-3)16-11-14-19(26-16)13(6-7-21-14)15-5-4-8-25-15/h4-11H,1-3H3. The minimum atomic E-state index is 0.532. The fourth-order valence-electron chi connectivity index (χ4n) is 2.93. The maximum Gasteiger partial charge on any atom is 0.203 e. The van der Waals surface area contributed by atoms with E-state index >= 15 is 0 Å². The zero-order valence-electron chi connectivity index (χ0n) is 14.6. The lowest BCUT2D eigenvalue weighted by atomic mass is 10.1. The van der Waals surface area contributed by atoms with E-state index in [4.69, 9.17) is 23.0 Å². The molecule has 0 spiro atoms. The zero-order chi connectivity index (χ0) is 18.1.